The first-order valence-corrected chi connectivity index (χ1v) is 11.9. The highest BCUT2D eigenvalue weighted by molar-refractivity contribution is 6.23. The second-order valence-corrected chi connectivity index (χ2v) is 10.5. The van der Waals surface area contributed by atoms with Crippen molar-refractivity contribution in [1.82, 2.24) is 0 Å². The molecule has 5 rings (SSSR count). The van der Waals surface area contributed by atoms with Crippen molar-refractivity contribution < 1.29 is 19.1 Å². The van der Waals surface area contributed by atoms with E-state index in [0.29, 0.717) is 29.1 Å². The number of allylic oxidation sites excluding steroid dienone is 1. The Morgan fingerprint density at radius 3 is 2.36 bits per heavy atom. The molecule has 2 heterocycles. The van der Waals surface area contributed by atoms with Gasteiger partial charge in [-0.05, 0) is 42.2 Å². The molecule has 1 amide bonds. The molecule has 0 radical (unpaired) electrons. The van der Waals surface area contributed by atoms with E-state index in [9.17, 15) is 14.4 Å². The van der Waals surface area contributed by atoms with Crippen LogP contribution in [-0.2, 0) is 24.5 Å². The van der Waals surface area contributed by atoms with Crippen molar-refractivity contribution >= 4 is 34.7 Å². The van der Waals surface area contributed by atoms with Gasteiger partial charge in [0, 0.05) is 54.4 Å². The minimum absolute atomic E-state index is 0.0454. The van der Waals surface area contributed by atoms with E-state index in [2.05, 4.69) is 5.32 Å². The summed E-state index contributed by atoms with van der Waals surface area (Å²) in [5, 5.41) is 2.89. The Morgan fingerprint density at radius 1 is 1.06 bits per heavy atom. The summed E-state index contributed by atoms with van der Waals surface area (Å²) in [6.45, 7) is 4.04. The maximum atomic E-state index is 14.0. The monoisotopic (exact) mass is 486 g/mol. The van der Waals surface area contributed by atoms with Gasteiger partial charge in [0.25, 0.3) is 0 Å². The van der Waals surface area contributed by atoms with Crippen molar-refractivity contribution in [2.45, 2.75) is 32.1 Å². The highest BCUT2D eigenvalue weighted by Gasteiger charge is 2.62. The van der Waals surface area contributed by atoms with Crippen molar-refractivity contribution in [3.05, 3.63) is 76.8 Å². The SMILES string of the molecule is COC(=O)C1=C(N)N(c2ccc(N(C)C)cc2)C2=C(C(=O)CC(C)(C)C2)C12C(=O)Nc1ccccc12. The van der Waals surface area contributed by atoms with Crippen molar-refractivity contribution in [2.75, 3.05) is 36.3 Å². The zero-order chi connectivity index (χ0) is 26.0. The Balaban J connectivity index is 1.88. The number of Topliss-reactive ketones (excluding diaryl/α,β-unsaturated/α-hetero) is 1. The number of hydrogen-bond acceptors (Lipinski definition) is 7. The minimum atomic E-state index is -1.68. The Kier molecular flexibility index (Phi) is 5.24. The third kappa shape index (κ3) is 3.17. The van der Waals surface area contributed by atoms with Crippen LogP contribution >= 0.6 is 0 Å². The van der Waals surface area contributed by atoms with Crippen LogP contribution in [0.3, 0.4) is 0 Å². The Bertz CT molecular complexity index is 1370. The molecule has 0 fully saturated rings. The summed E-state index contributed by atoms with van der Waals surface area (Å²) < 4.78 is 5.18. The van der Waals surface area contributed by atoms with E-state index in [1.807, 2.05) is 57.1 Å². The third-order valence-corrected chi connectivity index (χ3v) is 7.30. The van der Waals surface area contributed by atoms with Crippen LogP contribution in [0.1, 0.15) is 32.3 Å². The largest absolute Gasteiger partial charge is 0.466 e. The predicted octanol–water partition coefficient (Wildman–Crippen LogP) is 3.45. The summed E-state index contributed by atoms with van der Waals surface area (Å²) in [5.41, 5.74) is 8.39. The summed E-state index contributed by atoms with van der Waals surface area (Å²) in [5.74, 6) is -1.33. The zero-order valence-electron chi connectivity index (χ0n) is 21.1. The van der Waals surface area contributed by atoms with Crippen LogP contribution in [0.4, 0.5) is 17.1 Å². The molecule has 2 aliphatic heterocycles. The molecule has 8 nitrogen and oxygen atoms in total. The van der Waals surface area contributed by atoms with Crippen molar-refractivity contribution in [1.29, 1.82) is 0 Å². The van der Waals surface area contributed by atoms with E-state index in [1.54, 1.807) is 29.2 Å². The summed E-state index contributed by atoms with van der Waals surface area (Å²) in [4.78, 5) is 45.0. The number of rotatable bonds is 3. The van der Waals surface area contributed by atoms with Crippen LogP contribution in [0.25, 0.3) is 0 Å². The van der Waals surface area contributed by atoms with Crippen molar-refractivity contribution in [2.24, 2.45) is 11.1 Å². The van der Waals surface area contributed by atoms with Crippen LogP contribution in [0, 0.1) is 5.41 Å². The van der Waals surface area contributed by atoms with Crippen LogP contribution in [-0.4, -0.2) is 38.9 Å². The van der Waals surface area contributed by atoms with Gasteiger partial charge in [-0.25, -0.2) is 4.79 Å². The molecule has 36 heavy (non-hydrogen) atoms. The standard InChI is InChI=1S/C28H30N4O4/c1-27(2)14-20-22(21(33)15-27)28(18-8-6-7-9-19(18)30-26(28)35)23(25(34)36-5)24(29)32(20)17-12-10-16(11-13-17)31(3)4/h6-13H,14-15,29H2,1-5H3,(H,30,35). The molecule has 1 atom stereocenters. The van der Waals surface area contributed by atoms with Gasteiger partial charge in [-0.15, -0.1) is 0 Å². The number of carbonyl (C=O) groups excluding carboxylic acids is 3. The molecule has 1 spiro atoms. The van der Waals surface area contributed by atoms with Crippen molar-refractivity contribution in [3.63, 3.8) is 0 Å². The summed E-state index contributed by atoms with van der Waals surface area (Å²) in [7, 11) is 5.14. The topological polar surface area (TPSA) is 105 Å². The van der Waals surface area contributed by atoms with Gasteiger partial charge < -0.3 is 20.7 Å². The first-order valence-electron chi connectivity index (χ1n) is 11.9. The zero-order valence-corrected chi connectivity index (χ0v) is 21.1. The maximum Gasteiger partial charge on any atom is 0.339 e. The normalized spacial score (nSPS) is 22.4. The summed E-state index contributed by atoms with van der Waals surface area (Å²) in [6, 6.07) is 14.8. The lowest BCUT2D eigenvalue weighted by atomic mass is 9.60. The highest BCUT2D eigenvalue weighted by Crippen LogP contribution is 2.57. The summed E-state index contributed by atoms with van der Waals surface area (Å²) in [6.07, 6.45) is 0.737. The maximum absolute atomic E-state index is 14.0. The number of amides is 1. The number of ketones is 1. The van der Waals surface area contributed by atoms with Crippen LogP contribution in [0.15, 0.2) is 71.2 Å². The second kappa shape index (κ2) is 7.98. The molecule has 2 aromatic rings. The smallest absolute Gasteiger partial charge is 0.339 e. The first-order chi connectivity index (χ1) is 17.0. The van der Waals surface area contributed by atoms with Gasteiger partial charge in [-0.2, -0.15) is 0 Å². The number of hydrogen-bond donors (Lipinski definition) is 2. The molecule has 2 aromatic carbocycles. The average molecular weight is 487 g/mol. The number of benzene rings is 2. The van der Waals surface area contributed by atoms with Crippen LogP contribution in [0.2, 0.25) is 0 Å². The molecule has 0 saturated carbocycles. The lowest BCUT2D eigenvalue weighted by Crippen LogP contribution is -2.54. The fourth-order valence-electron chi connectivity index (χ4n) is 5.79. The number of nitrogens with two attached hydrogens (primary N) is 1. The Labute approximate surface area is 210 Å². The fraction of sp³-hybridized carbons (Fsp3) is 0.321. The first kappa shape index (κ1) is 23.7. The number of fused-ring (bicyclic) bond motifs is 3. The van der Waals surface area contributed by atoms with Crippen LogP contribution < -0.4 is 20.9 Å². The number of nitrogens with zero attached hydrogens (tertiary/aromatic N) is 2. The molecule has 0 aromatic heterocycles. The molecular formula is C28H30N4O4. The number of carbonyl (C=O) groups is 3. The Morgan fingerprint density at radius 2 is 1.72 bits per heavy atom. The van der Waals surface area contributed by atoms with E-state index in [0.717, 1.165) is 5.69 Å². The fourth-order valence-corrected chi connectivity index (χ4v) is 5.79. The van der Waals surface area contributed by atoms with Gasteiger partial charge in [0.15, 0.2) is 5.78 Å². The number of methoxy groups -OCH3 is 1. The van der Waals surface area contributed by atoms with Gasteiger partial charge >= 0.3 is 5.97 Å². The van der Waals surface area contributed by atoms with E-state index in [-0.39, 0.29) is 34.6 Å². The third-order valence-electron chi connectivity index (χ3n) is 7.30. The molecule has 0 bridgehead atoms. The molecule has 3 aliphatic rings. The number of para-hydroxylation sites is 1. The molecular weight excluding hydrogens is 456 g/mol. The van der Waals surface area contributed by atoms with Gasteiger partial charge in [-0.1, -0.05) is 32.0 Å². The number of anilines is 3. The molecule has 8 heteroatoms. The predicted molar refractivity (Wildman–Crippen MR) is 138 cm³/mol. The van der Waals surface area contributed by atoms with Crippen LogP contribution in [0.5, 0.6) is 0 Å². The molecule has 0 saturated heterocycles. The number of nitrogens with one attached hydrogen (secondary N) is 1. The van der Waals surface area contributed by atoms with Gasteiger partial charge in [0.1, 0.15) is 16.8 Å². The van der Waals surface area contributed by atoms with E-state index in [1.165, 1.54) is 7.11 Å². The summed E-state index contributed by atoms with van der Waals surface area (Å²) >= 11 is 0. The van der Waals surface area contributed by atoms with E-state index >= 15 is 0 Å². The molecule has 1 aliphatic carbocycles. The van der Waals surface area contributed by atoms with Gasteiger partial charge in [-0.3, -0.25) is 14.5 Å². The van der Waals surface area contributed by atoms with E-state index < -0.39 is 17.3 Å². The number of ether oxygens (including phenoxy) is 1. The van der Waals surface area contributed by atoms with Crippen molar-refractivity contribution in [3.8, 4) is 0 Å². The van der Waals surface area contributed by atoms with Gasteiger partial charge in [0.2, 0.25) is 5.91 Å². The Hall–Kier alpha value is -4.07. The highest BCUT2D eigenvalue weighted by atomic mass is 16.5. The average Bonchev–Trinajstić information content (AvgIpc) is 3.10. The molecule has 186 valence electrons. The lowest BCUT2D eigenvalue weighted by molar-refractivity contribution is -0.138. The second-order valence-electron chi connectivity index (χ2n) is 10.5. The van der Waals surface area contributed by atoms with E-state index in [4.69, 9.17) is 10.5 Å². The quantitative estimate of drug-likeness (QED) is 0.640. The molecule has 1 unspecified atom stereocenters. The number of esters is 1. The lowest BCUT2D eigenvalue weighted by Gasteiger charge is -2.47. The minimum Gasteiger partial charge on any atom is -0.466 e. The van der Waals surface area contributed by atoms with Gasteiger partial charge in [0.05, 0.1) is 7.11 Å². The molecule has 3 N–H and O–H groups in total.